The molecule has 22 heavy (non-hydrogen) atoms. The number of pyridine rings is 1. The summed E-state index contributed by atoms with van der Waals surface area (Å²) in [5.41, 5.74) is 0.866. The van der Waals surface area contributed by atoms with Crippen LogP contribution in [0.2, 0.25) is 0 Å². The zero-order chi connectivity index (χ0) is 16.1. The fourth-order valence-corrected chi connectivity index (χ4v) is 2.61. The molecule has 1 aromatic heterocycles. The molecule has 0 spiro atoms. The molecule has 2 amide bonds. The second-order valence-corrected chi connectivity index (χ2v) is 6.17. The van der Waals surface area contributed by atoms with Gasteiger partial charge < -0.3 is 10.2 Å². The maximum atomic E-state index is 12.5. The first kappa shape index (κ1) is 16.2. The van der Waals surface area contributed by atoms with Gasteiger partial charge in [-0.3, -0.25) is 14.6 Å². The highest BCUT2D eigenvalue weighted by atomic mass is 16.2. The van der Waals surface area contributed by atoms with Crippen molar-refractivity contribution in [3.8, 4) is 0 Å². The molecule has 0 aromatic carbocycles. The topological polar surface area (TPSA) is 62.3 Å². The predicted molar refractivity (Wildman–Crippen MR) is 85.8 cm³/mol. The van der Waals surface area contributed by atoms with Crippen LogP contribution in [0.25, 0.3) is 6.08 Å². The Morgan fingerprint density at radius 3 is 2.95 bits per heavy atom. The number of nitrogens with zero attached hydrogens (tertiary/aromatic N) is 2. The number of rotatable bonds is 4. The number of hydrogen-bond acceptors (Lipinski definition) is 3. The van der Waals surface area contributed by atoms with Crippen molar-refractivity contribution in [3.05, 3.63) is 36.2 Å². The van der Waals surface area contributed by atoms with E-state index in [0.29, 0.717) is 18.9 Å². The van der Waals surface area contributed by atoms with Crippen molar-refractivity contribution >= 4 is 17.9 Å². The van der Waals surface area contributed by atoms with Gasteiger partial charge in [-0.2, -0.15) is 0 Å². The Balaban J connectivity index is 2.13. The van der Waals surface area contributed by atoms with Gasteiger partial charge in [-0.1, -0.05) is 19.9 Å². The number of nitrogens with one attached hydrogen (secondary N) is 1. The summed E-state index contributed by atoms with van der Waals surface area (Å²) in [6.45, 7) is 6.56. The van der Waals surface area contributed by atoms with E-state index in [0.717, 1.165) is 5.56 Å². The summed E-state index contributed by atoms with van der Waals surface area (Å²) < 4.78 is 0. The number of piperazine rings is 1. The minimum Gasteiger partial charge on any atom is -0.350 e. The first-order valence-electron chi connectivity index (χ1n) is 7.66. The monoisotopic (exact) mass is 301 g/mol. The highest BCUT2D eigenvalue weighted by Gasteiger charge is 2.35. The number of aromatic nitrogens is 1. The molecule has 1 N–H and O–H groups in total. The Bertz CT molecular complexity index is 554. The molecular formula is C17H23N3O2. The molecule has 1 aliphatic rings. The third-order valence-corrected chi connectivity index (χ3v) is 3.62. The van der Waals surface area contributed by atoms with Gasteiger partial charge in [-0.15, -0.1) is 0 Å². The average Bonchev–Trinajstić information content (AvgIpc) is 2.48. The molecule has 0 saturated carbocycles. The first-order chi connectivity index (χ1) is 10.5. The molecule has 1 aromatic rings. The van der Waals surface area contributed by atoms with Crippen LogP contribution in [0.5, 0.6) is 0 Å². The van der Waals surface area contributed by atoms with E-state index >= 15 is 0 Å². The zero-order valence-electron chi connectivity index (χ0n) is 13.3. The Hall–Kier alpha value is -2.17. The predicted octanol–water partition coefficient (Wildman–Crippen LogP) is 1.86. The van der Waals surface area contributed by atoms with Gasteiger partial charge in [-0.25, -0.2) is 0 Å². The molecule has 0 unspecified atom stereocenters. The van der Waals surface area contributed by atoms with Gasteiger partial charge in [0.2, 0.25) is 11.8 Å². The van der Waals surface area contributed by atoms with Crippen LogP contribution in [0.1, 0.15) is 32.8 Å². The summed E-state index contributed by atoms with van der Waals surface area (Å²) in [5, 5.41) is 2.93. The van der Waals surface area contributed by atoms with Crippen LogP contribution in [0.3, 0.4) is 0 Å². The molecule has 2 atom stereocenters. The molecule has 1 saturated heterocycles. The summed E-state index contributed by atoms with van der Waals surface area (Å²) >= 11 is 0. The maximum absolute atomic E-state index is 12.5. The van der Waals surface area contributed by atoms with Crippen LogP contribution in [-0.4, -0.2) is 40.3 Å². The van der Waals surface area contributed by atoms with E-state index in [1.54, 1.807) is 23.4 Å². The van der Waals surface area contributed by atoms with Crippen molar-refractivity contribution in [3.63, 3.8) is 0 Å². The fourth-order valence-electron chi connectivity index (χ4n) is 2.61. The van der Waals surface area contributed by atoms with Crippen LogP contribution >= 0.6 is 0 Å². The maximum Gasteiger partial charge on any atom is 0.247 e. The molecule has 118 valence electrons. The summed E-state index contributed by atoms with van der Waals surface area (Å²) in [5.74, 6) is 0.161. The lowest BCUT2D eigenvalue weighted by Gasteiger charge is -2.38. The van der Waals surface area contributed by atoms with Crippen molar-refractivity contribution < 1.29 is 9.59 Å². The van der Waals surface area contributed by atoms with Crippen LogP contribution < -0.4 is 5.32 Å². The summed E-state index contributed by atoms with van der Waals surface area (Å²) in [4.78, 5) is 30.4. The summed E-state index contributed by atoms with van der Waals surface area (Å²) in [6.07, 6.45) is 7.31. The van der Waals surface area contributed by atoms with Gasteiger partial charge in [0.05, 0.1) is 0 Å². The van der Waals surface area contributed by atoms with Crippen molar-refractivity contribution in [1.82, 2.24) is 15.2 Å². The van der Waals surface area contributed by atoms with Crippen LogP contribution in [0, 0.1) is 5.92 Å². The van der Waals surface area contributed by atoms with Crippen molar-refractivity contribution in [2.24, 2.45) is 5.92 Å². The molecule has 0 radical (unpaired) electrons. The minimum atomic E-state index is -0.387. The van der Waals surface area contributed by atoms with Gasteiger partial charge in [-0.05, 0) is 37.0 Å². The van der Waals surface area contributed by atoms with Gasteiger partial charge >= 0.3 is 0 Å². The average molecular weight is 301 g/mol. The summed E-state index contributed by atoms with van der Waals surface area (Å²) in [7, 11) is 0. The molecule has 2 heterocycles. The molecule has 1 fully saturated rings. The van der Waals surface area contributed by atoms with Gasteiger partial charge in [0.25, 0.3) is 0 Å². The molecule has 2 rings (SSSR count). The molecule has 0 bridgehead atoms. The minimum absolute atomic E-state index is 0.0216. The second kappa shape index (κ2) is 7.20. The van der Waals surface area contributed by atoms with Crippen LogP contribution in [0.15, 0.2) is 30.6 Å². The Kier molecular flexibility index (Phi) is 5.31. The van der Waals surface area contributed by atoms with E-state index in [9.17, 15) is 9.59 Å². The Labute approximate surface area is 131 Å². The van der Waals surface area contributed by atoms with E-state index in [4.69, 9.17) is 0 Å². The van der Waals surface area contributed by atoms with Crippen LogP contribution in [-0.2, 0) is 9.59 Å². The number of carbonyl (C=O) groups excluding carboxylic acids is 2. The molecule has 1 aliphatic heterocycles. The van der Waals surface area contributed by atoms with E-state index in [2.05, 4.69) is 24.1 Å². The highest BCUT2D eigenvalue weighted by molar-refractivity contribution is 5.96. The van der Waals surface area contributed by atoms with Gasteiger partial charge in [0, 0.05) is 31.1 Å². The first-order valence-corrected chi connectivity index (χ1v) is 7.66. The second-order valence-electron chi connectivity index (χ2n) is 6.17. The normalized spacial score (nSPS) is 22.2. The molecular weight excluding hydrogens is 278 g/mol. The van der Waals surface area contributed by atoms with E-state index in [-0.39, 0.29) is 23.9 Å². The third-order valence-electron chi connectivity index (χ3n) is 3.62. The SMILES string of the molecule is CC(C)C[C@H]1C(=O)N[C@@H](C)CN1C(=O)/C=C/c1cccnc1. The van der Waals surface area contributed by atoms with Crippen molar-refractivity contribution in [2.75, 3.05) is 6.54 Å². The Morgan fingerprint density at radius 2 is 2.32 bits per heavy atom. The molecule has 0 aliphatic carbocycles. The third kappa shape index (κ3) is 4.16. The molecule has 5 heteroatoms. The van der Waals surface area contributed by atoms with Gasteiger partial charge in [0.15, 0.2) is 0 Å². The smallest absolute Gasteiger partial charge is 0.247 e. The lowest BCUT2D eigenvalue weighted by molar-refractivity contribution is -0.142. The van der Waals surface area contributed by atoms with Crippen LogP contribution in [0.4, 0.5) is 0 Å². The van der Waals surface area contributed by atoms with Crippen molar-refractivity contribution in [1.29, 1.82) is 0 Å². The van der Waals surface area contributed by atoms with E-state index in [1.165, 1.54) is 6.08 Å². The fraction of sp³-hybridized carbons (Fsp3) is 0.471. The molecule has 5 nitrogen and oxygen atoms in total. The largest absolute Gasteiger partial charge is 0.350 e. The van der Waals surface area contributed by atoms with Gasteiger partial charge in [0.1, 0.15) is 6.04 Å². The number of amides is 2. The zero-order valence-corrected chi connectivity index (χ0v) is 13.3. The highest BCUT2D eigenvalue weighted by Crippen LogP contribution is 2.17. The number of carbonyl (C=O) groups is 2. The standard InChI is InChI=1S/C17H23N3O2/c1-12(2)9-15-17(22)19-13(3)11-20(15)16(21)7-6-14-5-4-8-18-10-14/h4-8,10,12-13,15H,9,11H2,1-3H3,(H,19,22)/b7-6+/t13-,15-/m0/s1. The lowest BCUT2D eigenvalue weighted by Crippen LogP contribution is -2.60. The van der Waals surface area contributed by atoms with E-state index < -0.39 is 0 Å². The Morgan fingerprint density at radius 1 is 1.55 bits per heavy atom. The lowest BCUT2D eigenvalue weighted by atomic mass is 9.98. The number of hydrogen-bond donors (Lipinski definition) is 1. The van der Waals surface area contributed by atoms with Crippen molar-refractivity contribution in [2.45, 2.75) is 39.3 Å². The van der Waals surface area contributed by atoms with E-state index in [1.807, 2.05) is 19.1 Å². The quantitative estimate of drug-likeness (QED) is 0.863. The summed E-state index contributed by atoms with van der Waals surface area (Å²) in [6, 6.07) is 3.30.